The monoisotopic (exact) mass is 351 g/mol. The number of benzene rings is 2. The molecule has 0 bridgehead atoms. The van der Waals surface area contributed by atoms with Crippen LogP contribution in [0.4, 0.5) is 22.0 Å². The molecule has 0 amide bonds. The third-order valence-electron chi connectivity index (χ3n) is 2.80. The predicted octanol–water partition coefficient (Wildman–Crippen LogP) is 4.19. The maximum Gasteiger partial charge on any atom is 0.194 e. The predicted molar refractivity (Wildman–Crippen MR) is 66.4 cm³/mol. The van der Waals surface area contributed by atoms with Crippen LogP contribution >= 0.6 is 15.9 Å². The van der Waals surface area contributed by atoms with Gasteiger partial charge in [0.15, 0.2) is 29.1 Å². The van der Waals surface area contributed by atoms with Crippen molar-refractivity contribution in [2.24, 2.45) is 5.73 Å². The highest BCUT2D eigenvalue weighted by molar-refractivity contribution is 9.10. The van der Waals surface area contributed by atoms with Gasteiger partial charge in [-0.15, -0.1) is 0 Å². The Kier molecular flexibility index (Phi) is 4.10. The first-order valence-corrected chi connectivity index (χ1v) is 6.16. The van der Waals surface area contributed by atoms with Crippen LogP contribution in [0.2, 0.25) is 0 Å². The number of halogens is 6. The molecule has 0 heterocycles. The SMILES string of the molecule is NC(c1ccc(F)c(F)c1F)c1ccc(F)c(F)c1Br. The Labute approximate surface area is 119 Å². The van der Waals surface area contributed by atoms with Crippen LogP contribution in [-0.2, 0) is 0 Å². The Morgan fingerprint density at radius 2 is 1.25 bits per heavy atom. The maximum atomic E-state index is 13.6. The molecule has 0 aromatic heterocycles. The van der Waals surface area contributed by atoms with E-state index in [2.05, 4.69) is 15.9 Å². The number of rotatable bonds is 2. The number of hydrogen-bond acceptors (Lipinski definition) is 1. The minimum Gasteiger partial charge on any atom is -0.320 e. The van der Waals surface area contributed by atoms with Crippen LogP contribution in [0.5, 0.6) is 0 Å². The van der Waals surface area contributed by atoms with Gasteiger partial charge in [0, 0.05) is 5.56 Å². The molecule has 0 saturated heterocycles. The second kappa shape index (κ2) is 5.49. The Balaban J connectivity index is 2.55. The molecule has 2 aromatic carbocycles. The topological polar surface area (TPSA) is 26.0 Å². The molecule has 106 valence electrons. The van der Waals surface area contributed by atoms with Gasteiger partial charge < -0.3 is 5.73 Å². The molecule has 0 radical (unpaired) electrons. The summed E-state index contributed by atoms with van der Waals surface area (Å²) in [5.74, 6) is -6.80. The lowest BCUT2D eigenvalue weighted by Crippen LogP contribution is -2.16. The summed E-state index contributed by atoms with van der Waals surface area (Å²) in [6.45, 7) is 0. The van der Waals surface area contributed by atoms with E-state index in [1.807, 2.05) is 0 Å². The van der Waals surface area contributed by atoms with E-state index in [1.165, 1.54) is 0 Å². The van der Waals surface area contributed by atoms with Crippen molar-refractivity contribution in [3.63, 3.8) is 0 Å². The van der Waals surface area contributed by atoms with E-state index in [9.17, 15) is 22.0 Å². The largest absolute Gasteiger partial charge is 0.320 e. The standard InChI is InChI=1S/C13H7BrF5N/c14-9-5(1-3-7(15)11(9)18)13(20)6-2-4-8(16)12(19)10(6)17/h1-4,13H,20H2. The quantitative estimate of drug-likeness (QED) is 0.637. The van der Waals surface area contributed by atoms with Gasteiger partial charge in [-0.05, 0) is 33.6 Å². The first kappa shape index (κ1) is 14.9. The lowest BCUT2D eigenvalue weighted by molar-refractivity contribution is 0.438. The van der Waals surface area contributed by atoms with Crippen LogP contribution in [0, 0.1) is 29.1 Å². The molecule has 0 aliphatic rings. The lowest BCUT2D eigenvalue weighted by atomic mass is 9.98. The molecule has 2 aromatic rings. The second-order valence-electron chi connectivity index (χ2n) is 4.01. The summed E-state index contributed by atoms with van der Waals surface area (Å²) in [7, 11) is 0. The zero-order chi connectivity index (χ0) is 15.0. The summed E-state index contributed by atoms with van der Waals surface area (Å²) >= 11 is 2.80. The van der Waals surface area contributed by atoms with Gasteiger partial charge in [0.2, 0.25) is 0 Å². The van der Waals surface area contributed by atoms with Crippen LogP contribution < -0.4 is 5.73 Å². The van der Waals surface area contributed by atoms with E-state index < -0.39 is 35.1 Å². The fraction of sp³-hybridized carbons (Fsp3) is 0.0769. The van der Waals surface area contributed by atoms with E-state index in [0.717, 1.165) is 18.2 Å². The van der Waals surface area contributed by atoms with E-state index in [4.69, 9.17) is 5.73 Å². The van der Waals surface area contributed by atoms with Gasteiger partial charge >= 0.3 is 0 Å². The van der Waals surface area contributed by atoms with Crippen molar-refractivity contribution in [2.75, 3.05) is 0 Å². The molecule has 1 unspecified atom stereocenters. The minimum atomic E-state index is -1.67. The van der Waals surface area contributed by atoms with Gasteiger partial charge in [-0.2, -0.15) is 0 Å². The summed E-state index contributed by atoms with van der Waals surface area (Å²) < 4.78 is 65.7. The number of nitrogens with two attached hydrogens (primary N) is 1. The molecule has 0 fully saturated rings. The van der Waals surface area contributed by atoms with E-state index in [-0.39, 0.29) is 15.6 Å². The van der Waals surface area contributed by atoms with Crippen LogP contribution in [-0.4, -0.2) is 0 Å². The molecule has 20 heavy (non-hydrogen) atoms. The van der Waals surface area contributed by atoms with Gasteiger partial charge in [0.05, 0.1) is 10.5 Å². The molecule has 0 aliphatic heterocycles. The minimum absolute atomic E-state index is 0.00816. The van der Waals surface area contributed by atoms with Crippen molar-refractivity contribution >= 4 is 15.9 Å². The first-order chi connectivity index (χ1) is 9.34. The Hall–Kier alpha value is -1.47. The zero-order valence-electron chi connectivity index (χ0n) is 9.73. The first-order valence-electron chi connectivity index (χ1n) is 5.37. The average molecular weight is 352 g/mol. The fourth-order valence-corrected chi connectivity index (χ4v) is 2.30. The fourth-order valence-electron chi connectivity index (χ4n) is 1.73. The highest BCUT2D eigenvalue weighted by Gasteiger charge is 2.23. The van der Waals surface area contributed by atoms with Crippen LogP contribution in [0.1, 0.15) is 17.2 Å². The summed E-state index contributed by atoms with van der Waals surface area (Å²) in [5, 5.41) is 0. The van der Waals surface area contributed by atoms with Crippen LogP contribution in [0.3, 0.4) is 0 Å². The van der Waals surface area contributed by atoms with Crippen LogP contribution in [0.25, 0.3) is 0 Å². The van der Waals surface area contributed by atoms with E-state index >= 15 is 0 Å². The normalized spacial score (nSPS) is 12.6. The molecule has 0 saturated carbocycles. The van der Waals surface area contributed by atoms with Crippen molar-refractivity contribution in [1.82, 2.24) is 0 Å². The van der Waals surface area contributed by atoms with Crippen LogP contribution in [0.15, 0.2) is 28.7 Å². The van der Waals surface area contributed by atoms with Crippen molar-refractivity contribution < 1.29 is 22.0 Å². The van der Waals surface area contributed by atoms with Gasteiger partial charge in [0.1, 0.15) is 0 Å². The van der Waals surface area contributed by atoms with Crippen molar-refractivity contribution in [1.29, 1.82) is 0 Å². The third kappa shape index (κ3) is 2.43. The summed E-state index contributed by atoms with van der Waals surface area (Å²) in [6, 6.07) is 2.32. The second-order valence-corrected chi connectivity index (χ2v) is 4.80. The van der Waals surface area contributed by atoms with Gasteiger partial charge in [-0.3, -0.25) is 0 Å². The summed E-state index contributed by atoms with van der Waals surface area (Å²) in [6.07, 6.45) is 0. The van der Waals surface area contributed by atoms with Crippen molar-refractivity contribution in [3.05, 3.63) is 69.0 Å². The molecule has 2 rings (SSSR count). The lowest BCUT2D eigenvalue weighted by Gasteiger charge is -2.16. The van der Waals surface area contributed by atoms with Crippen molar-refractivity contribution in [3.8, 4) is 0 Å². The van der Waals surface area contributed by atoms with Gasteiger partial charge in [-0.1, -0.05) is 12.1 Å². The molecule has 1 atom stereocenters. The Bertz CT molecular complexity index is 617. The van der Waals surface area contributed by atoms with Gasteiger partial charge in [0.25, 0.3) is 0 Å². The molecule has 1 nitrogen and oxygen atoms in total. The van der Waals surface area contributed by atoms with E-state index in [0.29, 0.717) is 6.07 Å². The zero-order valence-corrected chi connectivity index (χ0v) is 11.3. The Morgan fingerprint density at radius 1 is 0.750 bits per heavy atom. The van der Waals surface area contributed by atoms with E-state index in [1.54, 1.807) is 0 Å². The highest BCUT2D eigenvalue weighted by atomic mass is 79.9. The molecular weight excluding hydrogens is 345 g/mol. The third-order valence-corrected chi connectivity index (χ3v) is 3.61. The highest BCUT2D eigenvalue weighted by Crippen LogP contribution is 2.32. The molecule has 0 spiro atoms. The smallest absolute Gasteiger partial charge is 0.194 e. The Morgan fingerprint density at radius 3 is 1.85 bits per heavy atom. The molecular formula is C13H7BrF5N. The maximum absolute atomic E-state index is 13.6. The summed E-state index contributed by atoms with van der Waals surface area (Å²) in [5.41, 5.74) is 5.35. The summed E-state index contributed by atoms with van der Waals surface area (Å²) in [4.78, 5) is 0. The molecule has 2 N–H and O–H groups in total. The molecule has 0 aliphatic carbocycles. The number of hydrogen-bond donors (Lipinski definition) is 1. The molecule has 7 heteroatoms. The average Bonchev–Trinajstić information content (AvgIpc) is 2.42. The van der Waals surface area contributed by atoms with Crippen molar-refractivity contribution in [2.45, 2.75) is 6.04 Å². The van der Waals surface area contributed by atoms with Gasteiger partial charge in [-0.25, -0.2) is 22.0 Å².